The predicted octanol–water partition coefficient (Wildman–Crippen LogP) is 12.3. The highest BCUT2D eigenvalue weighted by Gasteiger charge is 2.23. The summed E-state index contributed by atoms with van der Waals surface area (Å²) < 4.78 is 6.62. The Morgan fingerprint density at radius 3 is 1.96 bits per heavy atom. The van der Waals surface area contributed by atoms with E-state index in [1.54, 1.807) is 0 Å². The van der Waals surface area contributed by atoms with Crippen molar-refractivity contribution in [1.82, 2.24) is 10.3 Å². The van der Waals surface area contributed by atoms with Gasteiger partial charge >= 0.3 is 0 Å². The van der Waals surface area contributed by atoms with Crippen LogP contribution in [0.25, 0.3) is 76.8 Å². The van der Waals surface area contributed by atoms with E-state index in [-0.39, 0.29) is 6.17 Å². The number of amidine groups is 2. The Balaban J connectivity index is 1.05. The molecule has 0 spiro atoms. The predicted molar refractivity (Wildman–Crippen MR) is 227 cm³/mol. The van der Waals surface area contributed by atoms with Crippen molar-refractivity contribution in [2.45, 2.75) is 6.17 Å². The summed E-state index contributed by atoms with van der Waals surface area (Å²) in [5.74, 6) is 1.42. The lowest BCUT2D eigenvalue weighted by Crippen LogP contribution is -2.33. The zero-order valence-corrected chi connectivity index (χ0v) is 29.6. The van der Waals surface area contributed by atoms with Gasteiger partial charge in [0.1, 0.15) is 23.2 Å². The molecule has 1 atom stereocenters. The van der Waals surface area contributed by atoms with Crippen molar-refractivity contribution in [2.24, 2.45) is 9.98 Å². The fraction of sp³-hybridized carbons (Fsp3) is 0.0200. The third-order valence-electron chi connectivity index (χ3n) is 10.7. The molecular weight excluding hydrogens is 673 g/mol. The number of hydrogen-bond donors (Lipinski definition) is 1. The summed E-state index contributed by atoms with van der Waals surface area (Å²) in [5, 5.41) is 11.6. The first-order chi connectivity index (χ1) is 27.2. The van der Waals surface area contributed by atoms with Gasteiger partial charge in [0.15, 0.2) is 5.84 Å². The van der Waals surface area contributed by atoms with Gasteiger partial charge in [-0.25, -0.2) is 15.0 Å². The van der Waals surface area contributed by atoms with Crippen LogP contribution in [0.5, 0.6) is 0 Å². The lowest BCUT2D eigenvalue weighted by Gasteiger charge is -2.24. The Hall–Kier alpha value is -7.37. The number of rotatable bonds is 5. The van der Waals surface area contributed by atoms with Crippen molar-refractivity contribution < 1.29 is 4.42 Å². The number of aromatic nitrogens is 1. The molecule has 5 heteroatoms. The number of benzene rings is 8. The Morgan fingerprint density at radius 1 is 0.491 bits per heavy atom. The summed E-state index contributed by atoms with van der Waals surface area (Å²) >= 11 is 0. The van der Waals surface area contributed by atoms with E-state index in [2.05, 4.69) is 127 Å². The standard InChI is InChI=1S/C50H32N4O/c1-3-13-32(14-4-1)46-45-42-30-36(27-28-44(42)55-47(45)40-21-11-12-22-43(40)51-46)50-53-48(33-15-5-2-6-16-33)52-49(54-50)34-25-23-31(24-26-34)41-29-35-17-7-8-18-37(35)38-19-9-10-20-39(38)41/h1-30,48H,(H,52,53,54). The summed E-state index contributed by atoms with van der Waals surface area (Å²) in [6.45, 7) is 0. The molecule has 8 aromatic carbocycles. The minimum atomic E-state index is -0.324. The number of pyridine rings is 1. The molecule has 0 amide bonds. The number of hydrogen-bond acceptors (Lipinski definition) is 5. The SMILES string of the molecule is c1ccc(-c2nc3ccccc3c3oc4ccc(C5=NC(c6ccccc6)NC(c6ccc(-c7cc8ccccc8c8ccccc78)cc6)=N5)cc4c23)cc1. The number of fused-ring (bicyclic) bond motifs is 8. The van der Waals surface area contributed by atoms with E-state index in [1.165, 1.54) is 27.1 Å². The molecule has 1 N–H and O–H groups in total. The number of nitrogens with one attached hydrogen (secondary N) is 1. The van der Waals surface area contributed by atoms with Crippen molar-refractivity contribution in [1.29, 1.82) is 0 Å². The van der Waals surface area contributed by atoms with Crippen LogP contribution in [-0.2, 0) is 0 Å². The van der Waals surface area contributed by atoms with Crippen LogP contribution in [0, 0.1) is 0 Å². The topological polar surface area (TPSA) is 62.8 Å². The van der Waals surface area contributed by atoms with Crippen molar-refractivity contribution in [3.63, 3.8) is 0 Å². The second-order valence-corrected chi connectivity index (χ2v) is 14.0. The molecule has 10 aromatic rings. The highest BCUT2D eigenvalue weighted by atomic mass is 16.3. The third kappa shape index (κ3) is 5.28. The van der Waals surface area contributed by atoms with E-state index < -0.39 is 0 Å². The van der Waals surface area contributed by atoms with Crippen molar-refractivity contribution in [3.05, 3.63) is 199 Å². The molecule has 2 aromatic heterocycles. The normalized spacial score (nSPS) is 14.4. The minimum Gasteiger partial charge on any atom is -0.455 e. The molecule has 0 saturated heterocycles. The smallest absolute Gasteiger partial charge is 0.159 e. The molecule has 0 saturated carbocycles. The van der Waals surface area contributed by atoms with Crippen LogP contribution in [-0.4, -0.2) is 16.7 Å². The van der Waals surface area contributed by atoms with Gasteiger partial charge in [0, 0.05) is 27.5 Å². The van der Waals surface area contributed by atoms with Crippen molar-refractivity contribution >= 4 is 66.1 Å². The van der Waals surface area contributed by atoms with Gasteiger partial charge in [-0.05, 0) is 74.6 Å². The third-order valence-corrected chi connectivity index (χ3v) is 10.7. The van der Waals surface area contributed by atoms with Gasteiger partial charge in [-0.1, -0.05) is 146 Å². The fourth-order valence-electron chi connectivity index (χ4n) is 8.04. The van der Waals surface area contributed by atoms with Crippen LogP contribution in [0.4, 0.5) is 0 Å². The minimum absolute atomic E-state index is 0.324. The van der Waals surface area contributed by atoms with Gasteiger partial charge in [-0.2, -0.15) is 0 Å². The Morgan fingerprint density at radius 2 is 1.15 bits per heavy atom. The molecule has 0 radical (unpaired) electrons. The zero-order valence-electron chi connectivity index (χ0n) is 29.6. The maximum Gasteiger partial charge on any atom is 0.159 e. The average molecular weight is 705 g/mol. The van der Waals surface area contributed by atoms with Gasteiger partial charge < -0.3 is 9.73 Å². The van der Waals surface area contributed by atoms with Gasteiger partial charge in [-0.3, -0.25) is 0 Å². The summed E-state index contributed by atoms with van der Waals surface area (Å²) in [5.41, 5.74) is 9.77. The van der Waals surface area contributed by atoms with Crippen LogP contribution in [0.2, 0.25) is 0 Å². The molecule has 0 fully saturated rings. The number of para-hydroxylation sites is 1. The van der Waals surface area contributed by atoms with E-state index >= 15 is 0 Å². The molecular formula is C50H32N4O. The first-order valence-corrected chi connectivity index (χ1v) is 18.6. The lowest BCUT2D eigenvalue weighted by atomic mass is 9.93. The summed E-state index contributed by atoms with van der Waals surface area (Å²) in [6, 6.07) is 63.4. The van der Waals surface area contributed by atoms with Crippen molar-refractivity contribution in [2.75, 3.05) is 0 Å². The monoisotopic (exact) mass is 704 g/mol. The van der Waals surface area contributed by atoms with E-state index in [1.807, 2.05) is 60.7 Å². The molecule has 0 aliphatic carbocycles. The van der Waals surface area contributed by atoms with Crippen molar-refractivity contribution in [3.8, 4) is 22.4 Å². The molecule has 1 aliphatic heterocycles. The molecule has 11 rings (SSSR count). The van der Waals surface area contributed by atoms with E-state index in [0.717, 1.165) is 72.2 Å². The maximum absolute atomic E-state index is 6.62. The van der Waals surface area contributed by atoms with E-state index in [0.29, 0.717) is 5.84 Å². The molecule has 1 aliphatic rings. The van der Waals surface area contributed by atoms with E-state index in [9.17, 15) is 0 Å². The number of aliphatic imine (C=N–C) groups is 2. The summed E-state index contributed by atoms with van der Waals surface area (Å²) in [6.07, 6.45) is -0.324. The van der Waals surface area contributed by atoms with Crippen LogP contribution < -0.4 is 5.32 Å². The highest BCUT2D eigenvalue weighted by Crippen LogP contribution is 2.40. The summed E-state index contributed by atoms with van der Waals surface area (Å²) in [7, 11) is 0. The fourth-order valence-corrected chi connectivity index (χ4v) is 8.04. The van der Waals surface area contributed by atoms with Crippen LogP contribution in [0.3, 0.4) is 0 Å². The number of furan rings is 1. The summed E-state index contributed by atoms with van der Waals surface area (Å²) in [4.78, 5) is 15.6. The first kappa shape index (κ1) is 31.2. The second-order valence-electron chi connectivity index (χ2n) is 14.0. The average Bonchev–Trinajstić information content (AvgIpc) is 3.66. The van der Waals surface area contributed by atoms with Gasteiger partial charge in [0.2, 0.25) is 0 Å². The maximum atomic E-state index is 6.62. The van der Waals surface area contributed by atoms with Gasteiger partial charge in [-0.15, -0.1) is 0 Å². The van der Waals surface area contributed by atoms with Gasteiger partial charge in [0.25, 0.3) is 0 Å². The van der Waals surface area contributed by atoms with Crippen LogP contribution >= 0.6 is 0 Å². The second kappa shape index (κ2) is 12.6. The van der Waals surface area contributed by atoms with Gasteiger partial charge in [0.05, 0.1) is 16.6 Å². The lowest BCUT2D eigenvalue weighted by molar-refractivity contribution is 0.672. The molecule has 258 valence electrons. The first-order valence-electron chi connectivity index (χ1n) is 18.6. The molecule has 0 bridgehead atoms. The Labute approximate surface area is 317 Å². The molecule has 55 heavy (non-hydrogen) atoms. The van der Waals surface area contributed by atoms with Crippen LogP contribution in [0.15, 0.2) is 196 Å². The van der Waals surface area contributed by atoms with Crippen LogP contribution in [0.1, 0.15) is 22.9 Å². The van der Waals surface area contributed by atoms with E-state index in [4.69, 9.17) is 19.4 Å². The largest absolute Gasteiger partial charge is 0.455 e. The number of nitrogens with zero attached hydrogens (tertiary/aromatic N) is 3. The quantitative estimate of drug-likeness (QED) is 0.181. The zero-order chi connectivity index (χ0) is 36.3. The highest BCUT2D eigenvalue weighted by molar-refractivity contribution is 6.21. The molecule has 1 unspecified atom stereocenters. The molecule has 3 heterocycles. The molecule has 5 nitrogen and oxygen atoms in total. The Kier molecular flexibility index (Phi) is 7.17. The Bertz CT molecular complexity index is 3160.